The zero-order valence-corrected chi connectivity index (χ0v) is 20.3. The summed E-state index contributed by atoms with van der Waals surface area (Å²) in [7, 11) is 3.06. The summed E-state index contributed by atoms with van der Waals surface area (Å²) < 4.78 is 25.3. The Bertz CT molecular complexity index is 1420. The first kappa shape index (κ1) is 24.3. The van der Waals surface area contributed by atoms with Crippen LogP contribution in [-0.4, -0.2) is 34.9 Å². The van der Waals surface area contributed by atoms with E-state index >= 15 is 0 Å². The fraction of sp³-hybridized carbons (Fsp3) is 0.192. The molecule has 0 saturated heterocycles. The number of methoxy groups -OCH3 is 2. The molecule has 1 amide bonds. The van der Waals surface area contributed by atoms with Gasteiger partial charge in [0.15, 0.2) is 16.7 Å². The first-order chi connectivity index (χ1) is 16.9. The number of para-hydroxylation sites is 1. The molecule has 1 atom stereocenters. The number of rotatable bonds is 8. The van der Waals surface area contributed by atoms with Gasteiger partial charge in [-0.15, -0.1) is 0 Å². The predicted molar refractivity (Wildman–Crippen MR) is 134 cm³/mol. The van der Waals surface area contributed by atoms with Crippen LogP contribution in [0.3, 0.4) is 0 Å². The van der Waals surface area contributed by atoms with Crippen molar-refractivity contribution >= 4 is 28.6 Å². The topological polar surface area (TPSA) is 82.5 Å². The van der Waals surface area contributed by atoms with E-state index in [1.807, 2.05) is 6.07 Å². The van der Waals surface area contributed by atoms with Crippen molar-refractivity contribution in [3.63, 3.8) is 0 Å². The lowest BCUT2D eigenvalue weighted by atomic mass is 10.2. The van der Waals surface area contributed by atoms with Crippen molar-refractivity contribution in [1.82, 2.24) is 14.9 Å². The molecule has 0 aliphatic heterocycles. The largest absolute Gasteiger partial charge is 0.493 e. The van der Waals surface area contributed by atoms with E-state index < -0.39 is 5.25 Å². The molecule has 3 aromatic carbocycles. The van der Waals surface area contributed by atoms with Crippen molar-refractivity contribution in [2.45, 2.75) is 23.9 Å². The minimum atomic E-state index is -0.560. The maximum Gasteiger partial charge on any atom is 0.266 e. The molecular weight excluding hydrogens is 469 g/mol. The number of amides is 1. The van der Waals surface area contributed by atoms with E-state index in [1.165, 1.54) is 42.7 Å². The van der Waals surface area contributed by atoms with Gasteiger partial charge in [0.25, 0.3) is 5.56 Å². The van der Waals surface area contributed by atoms with Crippen LogP contribution in [0.5, 0.6) is 11.5 Å². The molecule has 1 unspecified atom stereocenters. The van der Waals surface area contributed by atoms with Crippen molar-refractivity contribution in [3.8, 4) is 17.2 Å². The fourth-order valence-electron chi connectivity index (χ4n) is 3.53. The second-order valence-electron chi connectivity index (χ2n) is 7.70. The number of carbonyl (C=O) groups excluding carboxylic acids is 1. The average molecular weight is 494 g/mol. The summed E-state index contributed by atoms with van der Waals surface area (Å²) in [5, 5.41) is 3.11. The van der Waals surface area contributed by atoms with Gasteiger partial charge in [0.1, 0.15) is 5.82 Å². The van der Waals surface area contributed by atoms with Crippen LogP contribution < -0.4 is 20.3 Å². The molecule has 1 aromatic heterocycles. The lowest BCUT2D eigenvalue weighted by Gasteiger charge is -2.17. The normalized spacial score (nSPS) is 11.8. The lowest BCUT2D eigenvalue weighted by Crippen LogP contribution is -2.31. The van der Waals surface area contributed by atoms with Crippen LogP contribution in [0.25, 0.3) is 16.6 Å². The number of hydrogen-bond acceptors (Lipinski definition) is 6. The van der Waals surface area contributed by atoms with Crippen LogP contribution >= 0.6 is 11.8 Å². The molecule has 0 fully saturated rings. The van der Waals surface area contributed by atoms with Crippen molar-refractivity contribution in [2.24, 2.45) is 0 Å². The third kappa shape index (κ3) is 5.30. The average Bonchev–Trinajstić information content (AvgIpc) is 2.88. The molecule has 0 aliphatic rings. The molecule has 180 valence electrons. The van der Waals surface area contributed by atoms with Gasteiger partial charge in [0.2, 0.25) is 5.91 Å². The Morgan fingerprint density at radius 2 is 1.77 bits per heavy atom. The van der Waals surface area contributed by atoms with Gasteiger partial charge in [-0.1, -0.05) is 36.0 Å². The second-order valence-corrected chi connectivity index (χ2v) is 9.00. The first-order valence-corrected chi connectivity index (χ1v) is 11.7. The molecular formula is C26H24FN3O4S. The zero-order chi connectivity index (χ0) is 24.9. The number of halogens is 1. The highest BCUT2D eigenvalue weighted by molar-refractivity contribution is 8.00. The third-order valence-electron chi connectivity index (χ3n) is 5.40. The first-order valence-electron chi connectivity index (χ1n) is 10.8. The number of fused-ring (bicyclic) bond motifs is 1. The van der Waals surface area contributed by atoms with Gasteiger partial charge in [-0.3, -0.25) is 14.2 Å². The second kappa shape index (κ2) is 10.6. The Kier molecular flexibility index (Phi) is 7.36. The van der Waals surface area contributed by atoms with E-state index in [2.05, 4.69) is 5.32 Å². The molecule has 0 spiro atoms. The van der Waals surface area contributed by atoms with Crippen LogP contribution in [0.1, 0.15) is 12.5 Å². The summed E-state index contributed by atoms with van der Waals surface area (Å²) in [6.45, 7) is 2.00. The summed E-state index contributed by atoms with van der Waals surface area (Å²) in [5.74, 6) is 0.423. The number of nitrogens with zero attached hydrogens (tertiary/aromatic N) is 2. The van der Waals surface area contributed by atoms with E-state index in [0.717, 1.165) is 5.56 Å². The molecule has 9 heteroatoms. The van der Waals surface area contributed by atoms with Gasteiger partial charge < -0.3 is 14.8 Å². The smallest absolute Gasteiger partial charge is 0.266 e. The van der Waals surface area contributed by atoms with Crippen LogP contribution in [0, 0.1) is 5.82 Å². The summed E-state index contributed by atoms with van der Waals surface area (Å²) >= 11 is 1.17. The Morgan fingerprint density at radius 3 is 2.49 bits per heavy atom. The van der Waals surface area contributed by atoms with Crippen LogP contribution in [-0.2, 0) is 11.3 Å². The van der Waals surface area contributed by atoms with Crippen LogP contribution in [0.4, 0.5) is 4.39 Å². The number of nitrogens with one attached hydrogen (secondary N) is 1. The Labute approximate surface area is 205 Å². The summed E-state index contributed by atoms with van der Waals surface area (Å²) in [6.07, 6.45) is 0. The van der Waals surface area contributed by atoms with E-state index in [4.69, 9.17) is 14.5 Å². The molecule has 0 saturated carbocycles. The maximum atomic E-state index is 13.5. The third-order valence-corrected chi connectivity index (χ3v) is 6.45. The predicted octanol–water partition coefficient (Wildman–Crippen LogP) is 4.34. The minimum Gasteiger partial charge on any atom is -0.493 e. The molecule has 1 N–H and O–H groups in total. The zero-order valence-electron chi connectivity index (χ0n) is 19.4. The number of thioether (sulfide) groups is 1. The SMILES string of the molecule is COc1ccc(-n2c(SC(C)C(=O)NCc3ccc(F)cc3)nc3ccccc3c2=O)cc1OC. The van der Waals surface area contributed by atoms with Gasteiger partial charge in [-0.25, -0.2) is 9.37 Å². The number of hydrogen-bond donors (Lipinski definition) is 1. The molecule has 0 aliphatic carbocycles. The summed E-state index contributed by atoms with van der Waals surface area (Å²) in [5.41, 5.74) is 1.59. The fourth-order valence-corrected chi connectivity index (χ4v) is 4.48. The standard InChI is InChI=1S/C26H24FN3O4S/c1-16(24(31)28-15-17-8-10-18(27)11-9-17)35-26-29-21-7-5-4-6-20(21)25(32)30(26)19-12-13-22(33-2)23(14-19)34-3/h4-14,16H,15H2,1-3H3,(H,28,31). The van der Waals surface area contributed by atoms with Crippen molar-refractivity contribution in [1.29, 1.82) is 0 Å². The quantitative estimate of drug-likeness (QED) is 0.291. The molecule has 0 radical (unpaired) electrons. The summed E-state index contributed by atoms with van der Waals surface area (Å²) in [6, 6.07) is 18.1. The highest BCUT2D eigenvalue weighted by atomic mass is 32.2. The lowest BCUT2D eigenvalue weighted by molar-refractivity contribution is -0.120. The number of benzene rings is 3. The van der Waals surface area contributed by atoms with Crippen molar-refractivity contribution in [3.05, 3.63) is 88.5 Å². The maximum absolute atomic E-state index is 13.5. The van der Waals surface area contributed by atoms with E-state index in [0.29, 0.717) is 33.2 Å². The van der Waals surface area contributed by atoms with Gasteiger partial charge in [0, 0.05) is 12.6 Å². The molecule has 35 heavy (non-hydrogen) atoms. The Balaban J connectivity index is 1.67. The van der Waals surface area contributed by atoms with Crippen LogP contribution in [0.15, 0.2) is 76.7 Å². The number of aromatic nitrogens is 2. The van der Waals surface area contributed by atoms with Gasteiger partial charge >= 0.3 is 0 Å². The monoisotopic (exact) mass is 493 g/mol. The van der Waals surface area contributed by atoms with Gasteiger partial charge in [-0.2, -0.15) is 0 Å². The molecule has 4 aromatic rings. The Hall–Kier alpha value is -3.85. The van der Waals surface area contributed by atoms with Crippen molar-refractivity contribution < 1.29 is 18.7 Å². The molecule has 1 heterocycles. The minimum absolute atomic E-state index is 0.236. The highest BCUT2D eigenvalue weighted by Gasteiger charge is 2.21. The van der Waals surface area contributed by atoms with Gasteiger partial charge in [-0.05, 0) is 48.9 Å². The van der Waals surface area contributed by atoms with Crippen molar-refractivity contribution in [2.75, 3.05) is 14.2 Å². The van der Waals surface area contributed by atoms with E-state index in [1.54, 1.807) is 55.5 Å². The summed E-state index contributed by atoms with van der Waals surface area (Å²) in [4.78, 5) is 31.0. The van der Waals surface area contributed by atoms with Crippen LogP contribution in [0.2, 0.25) is 0 Å². The molecule has 0 bridgehead atoms. The molecule has 4 rings (SSSR count). The van der Waals surface area contributed by atoms with Gasteiger partial charge in [0.05, 0.1) is 36.1 Å². The van der Waals surface area contributed by atoms with E-state index in [9.17, 15) is 14.0 Å². The number of carbonyl (C=O) groups is 1. The highest BCUT2D eigenvalue weighted by Crippen LogP contribution is 2.31. The Morgan fingerprint density at radius 1 is 1.06 bits per heavy atom. The number of ether oxygens (including phenoxy) is 2. The van der Waals surface area contributed by atoms with E-state index in [-0.39, 0.29) is 23.8 Å². The molecule has 7 nitrogen and oxygen atoms in total.